The third-order valence-corrected chi connectivity index (χ3v) is 4.16. The Labute approximate surface area is 116 Å². The number of hydrogen-bond acceptors (Lipinski definition) is 4. The van der Waals surface area contributed by atoms with Crippen molar-refractivity contribution in [2.45, 2.75) is 31.8 Å². The van der Waals surface area contributed by atoms with Gasteiger partial charge < -0.3 is 10.5 Å². The summed E-state index contributed by atoms with van der Waals surface area (Å²) in [5, 5.41) is 0. The van der Waals surface area contributed by atoms with Crippen LogP contribution < -0.4 is 5.73 Å². The molecule has 0 aromatic carbocycles. The minimum Gasteiger partial charge on any atom is -0.374 e. The molecule has 0 spiro atoms. The van der Waals surface area contributed by atoms with Gasteiger partial charge in [-0.25, -0.2) is 0 Å². The van der Waals surface area contributed by atoms with E-state index in [2.05, 4.69) is 4.90 Å². The number of carbonyl (C=O) groups excluding carboxylic acids is 1. The zero-order valence-corrected chi connectivity index (χ0v) is 12.0. The van der Waals surface area contributed by atoms with Gasteiger partial charge in [-0.1, -0.05) is 12.8 Å². The first-order valence-electron chi connectivity index (χ1n) is 7.44. The fourth-order valence-corrected chi connectivity index (χ4v) is 3.29. The van der Waals surface area contributed by atoms with Crippen LogP contribution in [0, 0.1) is 5.92 Å². The molecule has 5 heteroatoms. The SMILES string of the molecule is CN(CC(N)=O)C[C@@H]1CN(CC2CCCC2)CCO1. The second-order valence-electron chi connectivity index (χ2n) is 6.07. The highest BCUT2D eigenvalue weighted by Crippen LogP contribution is 2.26. The molecule has 110 valence electrons. The van der Waals surface area contributed by atoms with Gasteiger partial charge in [-0.05, 0) is 25.8 Å². The smallest absolute Gasteiger partial charge is 0.231 e. The molecule has 19 heavy (non-hydrogen) atoms. The van der Waals surface area contributed by atoms with Crippen molar-refractivity contribution in [1.82, 2.24) is 9.80 Å². The van der Waals surface area contributed by atoms with Crippen LogP contribution in [0.2, 0.25) is 0 Å². The van der Waals surface area contributed by atoms with Gasteiger partial charge in [-0.2, -0.15) is 0 Å². The Bertz CT molecular complexity index is 292. The lowest BCUT2D eigenvalue weighted by molar-refractivity contribution is -0.119. The standard InChI is InChI=1S/C14H27N3O2/c1-16(11-14(15)18)9-13-10-17(6-7-19-13)8-12-4-2-3-5-12/h12-13H,2-11H2,1H3,(H2,15,18)/t13-/m1/s1. The van der Waals surface area contributed by atoms with Crippen molar-refractivity contribution >= 4 is 5.91 Å². The average molecular weight is 269 g/mol. The first-order valence-corrected chi connectivity index (χ1v) is 7.44. The van der Waals surface area contributed by atoms with E-state index >= 15 is 0 Å². The largest absolute Gasteiger partial charge is 0.374 e. The number of hydrogen-bond donors (Lipinski definition) is 1. The second kappa shape index (κ2) is 7.22. The van der Waals surface area contributed by atoms with Crippen molar-refractivity contribution in [1.29, 1.82) is 0 Å². The Kier molecular flexibility index (Phi) is 5.60. The fourth-order valence-electron chi connectivity index (χ4n) is 3.29. The molecule has 2 aliphatic rings. The number of likely N-dealkylation sites (N-methyl/N-ethyl adjacent to an activating group) is 1. The highest BCUT2D eigenvalue weighted by molar-refractivity contribution is 5.75. The van der Waals surface area contributed by atoms with E-state index in [0.717, 1.165) is 32.2 Å². The van der Waals surface area contributed by atoms with Crippen molar-refractivity contribution in [2.24, 2.45) is 11.7 Å². The molecule has 0 aromatic rings. The van der Waals surface area contributed by atoms with Crippen molar-refractivity contribution in [2.75, 3.05) is 46.4 Å². The van der Waals surface area contributed by atoms with E-state index in [1.54, 1.807) is 0 Å². The molecule has 1 saturated heterocycles. The number of nitrogens with two attached hydrogens (primary N) is 1. The summed E-state index contributed by atoms with van der Waals surface area (Å²) < 4.78 is 5.79. The molecule has 0 unspecified atom stereocenters. The summed E-state index contributed by atoms with van der Waals surface area (Å²) >= 11 is 0. The van der Waals surface area contributed by atoms with Crippen molar-refractivity contribution in [3.63, 3.8) is 0 Å². The Morgan fingerprint density at radius 3 is 2.84 bits per heavy atom. The third-order valence-electron chi connectivity index (χ3n) is 4.16. The van der Waals surface area contributed by atoms with Crippen molar-refractivity contribution < 1.29 is 9.53 Å². The molecular formula is C14H27N3O2. The topological polar surface area (TPSA) is 58.8 Å². The van der Waals surface area contributed by atoms with E-state index in [-0.39, 0.29) is 12.0 Å². The molecule has 0 aromatic heterocycles. The molecular weight excluding hydrogens is 242 g/mol. The molecule has 1 aliphatic heterocycles. The van der Waals surface area contributed by atoms with Gasteiger partial charge in [0.2, 0.25) is 5.91 Å². The van der Waals surface area contributed by atoms with E-state index in [1.807, 2.05) is 11.9 Å². The van der Waals surface area contributed by atoms with Crippen LogP contribution in [0.15, 0.2) is 0 Å². The average Bonchev–Trinajstić information content (AvgIpc) is 2.81. The zero-order chi connectivity index (χ0) is 13.7. The van der Waals surface area contributed by atoms with Gasteiger partial charge in [0.1, 0.15) is 0 Å². The summed E-state index contributed by atoms with van der Waals surface area (Å²) in [5.74, 6) is 0.614. The predicted molar refractivity (Wildman–Crippen MR) is 74.8 cm³/mol. The van der Waals surface area contributed by atoms with E-state index < -0.39 is 0 Å². The monoisotopic (exact) mass is 269 g/mol. The van der Waals surface area contributed by atoms with Crippen LogP contribution in [-0.4, -0.2) is 68.2 Å². The Morgan fingerprint density at radius 2 is 2.16 bits per heavy atom. The van der Waals surface area contributed by atoms with Gasteiger partial charge >= 0.3 is 0 Å². The van der Waals surface area contributed by atoms with Gasteiger partial charge in [0, 0.05) is 26.2 Å². The maximum Gasteiger partial charge on any atom is 0.231 e. The summed E-state index contributed by atoms with van der Waals surface area (Å²) in [7, 11) is 1.92. The minimum atomic E-state index is -0.277. The first kappa shape index (κ1) is 14.8. The van der Waals surface area contributed by atoms with Gasteiger partial charge in [-0.3, -0.25) is 14.6 Å². The summed E-state index contributed by atoms with van der Waals surface area (Å²) in [5.41, 5.74) is 5.20. The van der Waals surface area contributed by atoms with Crippen LogP contribution in [-0.2, 0) is 9.53 Å². The summed E-state index contributed by atoms with van der Waals surface area (Å²) in [6.45, 7) is 5.15. The number of carbonyl (C=O) groups is 1. The van der Waals surface area contributed by atoms with E-state index in [1.165, 1.54) is 32.2 Å². The van der Waals surface area contributed by atoms with Gasteiger partial charge in [0.15, 0.2) is 0 Å². The first-order chi connectivity index (χ1) is 9.13. The number of nitrogens with zero attached hydrogens (tertiary/aromatic N) is 2. The third kappa shape index (κ3) is 5.09. The molecule has 0 bridgehead atoms. The molecule has 1 amide bonds. The van der Waals surface area contributed by atoms with Gasteiger partial charge in [0.25, 0.3) is 0 Å². The molecule has 1 heterocycles. The Balaban J connectivity index is 1.71. The van der Waals surface area contributed by atoms with Crippen LogP contribution in [0.1, 0.15) is 25.7 Å². The lowest BCUT2D eigenvalue weighted by Crippen LogP contribution is -2.49. The Morgan fingerprint density at radius 1 is 1.42 bits per heavy atom. The number of rotatable bonds is 6. The van der Waals surface area contributed by atoms with Gasteiger partial charge in [-0.15, -0.1) is 0 Å². The highest BCUT2D eigenvalue weighted by atomic mass is 16.5. The molecule has 0 radical (unpaired) electrons. The Hall–Kier alpha value is -0.650. The second-order valence-corrected chi connectivity index (χ2v) is 6.07. The lowest BCUT2D eigenvalue weighted by atomic mass is 10.1. The fraction of sp³-hybridized carbons (Fsp3) is 0.929. The maximum absolute atomic E-state index is 10.9. The van der Waals surface area contributed by atoms with Crippen LogP contribution >= 0.6 is 0 Å². The molecule has 5 nitrogen and oxygen atoms in total. The van der Waals surface area contributed by atoms with Gasteiger partial charge in [0.05, 0.1) is 19.3 Å². The van der Waals surface area contributed by atoms with E-state index in [9.17, 15) is 4.79 Å². The molecule has 1 saturated carbocycles. The van der Waals surface area contributed by atoms with Crippen LogP contribution in [0.4, 0.5) is 0 Å². The van der Waals surface area contributed by atoms with Crippen molar-refractivity contribution in [3.05, 3.63) is 0 Å². The van der Waals surface area contributed by atoms with Crippen LogP contribution in [0.5, 0.6) is 0 Å². The number of amides is 1. The van der Waals surface area contributed by atoms with Crippen molar-refractivity contribution in [3.8, 4) is 0 Å². The lowest BCUT2D eigenvalue weighted by Gasteiger charge is -2.35. The number of ether oxygens (including phenoxy) is 1. The van der Waals surface area contributed by atoms with E-state index in [4.69, 9.17) is 10.5 Å². The molecule has 1 aliphatic carbocycles. The molecule has 1 atom stereocenters. The summed E-state index contributed by atoms with van der Waals surface area (Å²) in [4.78, 5) is 15.4. The number of morpholine rings is 1. The van der Waals surface area contributed by atoms with E-state index in [0.29, 0.717) is 6.54 Å². The predicted octanol–water partition coefficient (Wildman–Crippen LogP) is 0.295. The highest BCUT2D eigenvalue weighted by Gasteiger charge is 2.25. The summed E-state index contributed by atoms with van der Waals surface area (Å²) in [6.07, 6.45) is 5.80. The van der Waals surface area contributed by atoms with Crippen LogP contribution in [0.25, 0.3) is 0 Å². The normalized spacial score (nSPS) is 26.1. The maximum atomic E-state index is 10.9. The molecule has 2 fully saturated rings. The van der Waals surface area contributed by atoms with Crippen LogP contribution in [0.3, 0.4) is 0 Å². The minimum absolute atomic E-state index is 0.208. The molecule has 2 rings (SSSR count). The number of primary amides is 1. The quantitative estimate of drug-likeness (QED) is 0.753. The zero-order valence-electron chi connectivity index (χ0n) is 12.0. The summed E-state index contributed by atoms with van der Waals surface area (Å²) in [6, 6.07) is 0. The molecule has 2 N–H and O–H groups in total.